The number of carbonyl (C=O) groups is 2. The summed E-state index contributed by atoms with van der Waals surface area (Å²) in [6.07, 6.45) is 5.22. The Hall–Kier alpha value is -2.04. The molecule has 1 aromatic carbocycles. The van der Waals surface area contributed by atoms with Crippen LogP contribution in [-0.2, 0) is 9.59 Å². The van der Waals surface area contributed by atoms with Crippen molar-refractivity contribution in [1.29, 1.82) is 0 Å². The number of phenols is 1. The third-order valence-corrected chi connectivity index (χ3v) is 3.55. The first kappa shape index (κ1) is 14.4. The molecule has 0 heterocycles. The van der Waals surface area contributed by atoms with Crippen LogP contribution in [0.2, 0.25) is 0 Å². The number of benzene rings is 1. The van der Waals surface area contributed by atoms with Crippen molar-refractivity contribution in [3.8, 4) is 5.75 Å². The van der Waals surface area contributed by atoms with E-state index in [1.165, 1.54) is 12.5 Å². The zero-order chi connectivity index (χ0) is 14.5. The minimum atomic E-state index is -0.741. The fourth-order valence-corrected chi connectivity index (χ4v) is 2.42. The molecule has 0 saturated heterocycles. The Balaban J connectivity index is 1.91. The third kappa shape index (κ3) is 3.73. The topological polar surface area (TPSA) is 78.4 Å². The molecule has 20 heavy (non-hydrogen) atoms. The van der Waals surface area contributed by atoms with Crippen LogP contribution in [0.15, 0.2) is 18.2 Å². The van der Waals surface area contributed by atoms with Crippen molar-refractivity contribution in [2.75, 3.05) is 5.32 Å². The average Bonchev–Trinajstić information content (AvgIpc) is 2.43. The summed E-state index contributed by atoms with van der Waals surface area (Å²) in [7, 11) is 0. The normalized spacial score (nSPS) is 15.7. The van der Waals surface area contributed by atoms with Crippen LogP contribution in [0, 0.1) is 6.92 Å². The first-order valence-electron chi connectivity index (χ1n) is 6.98. The van der Waals surface area contributed by atoms with Gasteiger partial charge in [0.1, 0.15) is 5.75 Å². The molecule has 0 spiro atoms. The molecule has 1 fully saturated rings. The fraction of sp³-hybridized carbons (Fsp3) is 0.467. The molecule has 0 unspecified atom stereocenters. The van der Waals surface area contributed by atoms with E-state index >= 15 is 0 Å². The highest BCUT2D eigenvalue weighted by Gasteiger charge is 2.21. The minimum absolute atomic E-state index is 0.0381. The number of hydrogen-bond donors (Lipinski definition) is 3. The molecule has 0 radical (unpaired) electrons. The molecule has 0 bridgehead atoms. The molecule has 1 saturated carbocycles. The molecule has 3 N–H and O–H groups in total. The SMILES string of the molecule is Cc1ccc(NC(=O)C(=O)NC2CCCCC2)c(O)c1. The first-order chi connectivity index (χ1) is 9.56. The van der Waals surface area contributed by atoms with Crippen LogP contribution >= 0.6 is 0 Å². The van der Waals surface area contributed by atoms with Gasteiger partial charge in [0.05, 0.1) is 5.69 Å². The van der Waals surface area contributed by atoms with Gasteiger partial charge in [0.25, 0.3) is 0 Å². The van der Waals surface area contributed by atoms with Crippen molar-refractivity contribution >= 4 is 17.5 Å². The second kappa shape index (κ2) is 6.41. The first-order valence-corrected chi connectivity index (χ1v) is 6.98. The fourth-order valence-electron chi connectivity index (χ4n) is 2.42. The van der Waals surface area contributed by atoms with E-state index in [1.54, 1.807) is 12.1 Å². The van der Waals surface area contributed by atoms with Gasteiger partial charge in [0.2, 0.25) is 0 Å². The molecule has 1 aromatic rings. The molecule has 0 aromatic heterocycles. The average molecular weight is 276 g/mol. The summed E-state index contributed by atoms with van der Waals surface area (Å²) in [5.41, 5.74) is 1.13. The number of aromatic hydroxyl groups is 1. The Labute approximate surface area is 118 Å². The molecule has 0 aliphatic heterocycles. The van der Waals surface area contributed by atoms with Gasteiger partial charge in [-0.1, -0.05) is 25.3 Å². The zero-order valence-corrected chi connectivity index (χ0v) is 11.6. The van der Waals surface area contributed by atoms with Crippen molar-refractivity contribution in [2.24, 2.45) is 0 Å². The van der Waals surface area contributed by atoms with E-state index in [1.807, 2.05) is 6.92 Å². The van der Waals surface area contributed by atoms with Crippen molar-refractivity contribution in [1.82, 2.24) is 5.32 Å². The van der Waals surface area contributed by atoms with Gasteiger partial charge in [-0.25, -0.2) is 0 Å². The number of aryl methyl sites for hydroxylation is 1. The molecule has 2 rings (SSSR count). The molecule has 1 aliphatic rings. The lowest BCUT2D eigenvalue weighted by Gasteiger charge is -2.22. The molecule has 5 heteroatoms. The quantitative estimate of drug-likeness (QED) is 0.571. The van der Waals surface area contributed by atoms with Crippen LogP contribution in [-0.4, -0.2) is 23.0 Å². The Morgan fingerprint density at radius 1 is 1.15 bits per heavy atom. The van der Waals surface area contributed by atoms with Crippen molar-refractivity contribution in [3.63, 3.8) is 0 Å². The maximum absolute atomic E-state index is 11.8. The van der Waals surface area contributed by atoms with Crippen molar-refractivity contribution in [3.05, 3.63) is 23.8 Å². The van der Waals surface area contributed by atoms with Gasteiger partial charge < -0.3 is 15.7 Å². The monoisotopic (exact) mass is 276 g/mol. The number of phenolic OH excluding ortho intramolecular Hbond substituents is 1. The summed E-state index contributed by atoms with van der Waals surface area (Å²) in [6.45, 7) is 1.83. The lowest BCUT2D eigenvalue weighted by molar-refractivity contribution is -0.136. The zero-order valence-electron chi connectivity index (χ0n) is 11.6. The van der Waals surface area contributed by atoms with Gasteiger partial charge >= 0.3 is 11.8 Å². The summed E-state index contributed by atoms with van der Waals surface area (Å²) in [5, 5.41) is 14.9. The number of hydrogen-bond acceptors (Lipinski definition) is 3. The van der Waals surface area contributed by atoms with Crippen molar-refractivity contribution in [2.45, 2.75) is 45.1 Å². The van der Waals surface area contributed by atoms with Crippen LogP contribution in [0.1, 0.15) is 37.7 Å². The molecule has 0 atom stereocenters. The van der Waals surface area contributed by atoms with E-state index in [9.17, 15) is 14.7 Å². The lowest BCUT2D eigenvalue weighted by Crippen LogP contribution is -2.42. The number of amides is 2. The lowest BCUT2D eigenvalue weighted by atomic mass is 9.95. The molecule has 5 nitrogen and oxygen atoms in total. The maximum Gasteiger partial charge on any atom is 0.313 e. The number of anilines is 1. The van der Waals surface area contributed by atoms with Gasteiger partial charge in [-0.05, 0) is 37.5 Å². The van der Waals surface area contributed by atoms with Crippen LogP contribution in [0.5, 0.6) is 5.75 Å². The van der Waals surface area contributed by atoms with Gasteiger partial charge in [-0.2, -0.15) is 0 Å². The van der Waals surface area contributed by atoms with E-state index in [4.69, 9.17) is 0 Å². The Bertz CT molecular complexity index is 508. The van der Waals surface area contributed by atoms with Gasteiger partial charge in [-0.3, -0.25) is 9.59 Å². The summed E-state index contributed by atoms with van der Waals surface area (Å²) < 4.78 is 0. The summed E-state index contributed by atoms with van der Waals surface area (Å²) in [4.78, 5) is 23.6. The summed E-state index contributed by atoms with van der Waals surface area (Å²) in [5.74, 6) is -1.42. The third-order valence-electron chi connectivity index (χ3n) is 3.55. The smallest absolute Gasteiger partial charge is 0.313 e. The summed E-state index contributed by atoms with van der Waals surface area (Å²) >= 11 is 0. The Kier molecular flexibility index (Phi) is 4.61. The molecule has 2 amide bonds. The van der Waals surface area contributed by atoms with Crippen LogP contribution < -0.4 is 10.6 Å². The number of carbonyl (C=O) groups excluding carboxylic acids is 2. The molecule has 108 valence electrons. The Morgan fingerprint density at radius 2 is 1.85 bits per heavy atom. The van der Waals surface area contributed by atoms with Gasteiger partial charge in [0.15, 0.2) is 0 Å². The summed E-state index contributed by atoms with van der Waals surface area (Å²) in [6, 6.07) is 4.97. The van der Waals surface area contributed by atoms with E-state index in [0.717, 1.165) is 31.2 Å². The highest BCUT2D eigenvalue weighted by molar-refractivity contribution is 6.39. The van der Waals surface area contributed by atoms with E-state index in [-0.39, 0.29) is 17.5 Å². The van der Waals surface area contributed by atoms with Gasteiger partial charge in [0, 0.05) is 6.04 Å². The number of rotatable bonds is 2. The van der Waals surface area contributed by atoms with Crippen molar-refractivity contribution < 1.29 is 14.7 Å². The predicted octanol–water partition coefficient (Wildman–Crippen LogP) is 2.09. The predicted molar refractivity (Wildman–Crippen MR) is 76.5 cm³/mol. The molecule has 1 aliphatic carbocycles. The highest BCUT2D eigenvalue weighted by Crippen LogP contribution is 2.23. The molecular weight excluding hydrogens is 256 g/mol. The second-order valence-corrected chi connectivity index (χ2v) is 5.28. The second-order valence-electron chi connectivity index (χ2n) is 5.28. The van der Waals surface area contributed by atoms with Gasteiger partial charge in [-0.15, -0.1) is 0 Å². The number of nitrogens with one attached hydrogen (secondary N) is 2. The van der Waals surface area contributed by atoms with E-state index in [2.05, 4.69) is 10.6 Å². The largest absolute Gasteiger partial charge is 0.506 e. The van der Waals surface area contributed by atoms with E-state index in [0.29, 0.717) is 0 Å². The Morgan fingerprint density at radius 3 is 2.50 bits per heavy atom. The standard InChI is InChI=1S/C15H20N2O3/c1-10-7-8-12(13(18)9-10)17-15(20)14(19)16-11-5-3-2-4-6-11/h7-9,11,18H,2-6H2,1H3,(H,16,19)(H,17,20). The van der Waals surface area contributed by atoms with Crippen LogP contribution in [0.25, 0.3) is 0 Å². The minimum Gasteiger partial charge on any atom is -0.506 e. The maximum atomic E-state index is 11.8. The molecular formula is C15H20N2O3. The highest BCUT2D eigenvalue weighted by atomic mass is 16.3. The van der Waals surface area contributed by atoms with Crippen LogP contribution in [0.4, 0.5) is 5.69 Å². The van der Waals surface area contributed by atoms with Crippen LogP contribution in [0.3, 0.4) is 0 Å². The van der Waals surface area contributed by atoms with E-state index < -0.39 is 11.8 Å².